The van der Waals surface area contributed by atoms with Crippen LogP contribution in [0.15, 0.2) is 182 Å². The van der Waals surface area contributed by atoms with Gasteiger partial charge >= 0.3 is 0 Å². The molecule has 2 nitrogen and oxygen atoms in total. The van der Waals surface area contributed by atoms with E-state index in [2.05, 4.69) is 204 Å². The summed E-state index contributed by atoms with van der Waals surface area (Å²) < 4.78 is 5.20. The van der Waals surface area contributed by atoms with Crippen LogP contribution in [0, 0.1) is 5.92 Å². The lowest BCUT2D eigenvalue weighted by Crippen LogP contribution is -2.29. The van der Waals surface area contributed by atoms with Crippen LogP contribution < -0.4 is 14.7 Å². The molecular formula is C59H48N2S. The van der Waals surface area contributed by atoms with Crippen molar-refractivity contribution in [2.45, 2.75) is 51.4 Å². The van der Waals surface area contributed by atoms with Crippen molar-refractivity contribution in [2.24, 2.45) is 5.92 Å². The fraction of sp³-hybridized carbons (Fsp3) is 0.153. The number of rotatable bonds is 7. The monoisotopic (exact) mass is 816 g/mol. The van der Waals surface area contributed by atoms with E-state index in [0.717, 1.165) is 17.8 Å². The molecule has 1 saturated carbocycles. The molecule has 1 unspecified atom stereocenters. The third-order valence-electron chi connectivity index (χ3n) is 13.8. The summed E-state index contributed by atoms with van der Waals surface area (Å²) in [5.74, 6) is 0.935. The first-order valence-corrected chi connectivity index (χ1v) is 23.3. The number of benzene rings is 8. The predicted octanol–water partition coefficient (Wildman–Crippen LogP) is 15.4. The van der Waals surface area contributed by atoms with Crippen molar-refractivity contribution >= 4 is 82.7 Å². The van der Waals surface area contributed by atoms with Crippen LogP contribution in [0.2, 0.25) is 0 Å². The Balaban J connectivity index is 1.16. The zero-order chi connectivity index (χ0) is 41.1. The lowest BCUT2D eigenvalue weighted by molar-refractivity contribution is 0.445. The van der Waals surface area contributed by atoms with E-state index in [1.165, 1.54) is 124 Å². The van der Waals surface area contributed by atoms with Crippen LogP contribution in [0.4, 0.5) is 17.1 Å². The Kier molecular flexibility index (Phi) is 9.19. The van der Waals surface area contributed by atoms with Crippen molar-refractivity contribution in [3.63, 3.8) is 0 Å². The van der Waals surface area contributed by atoms with Crippen molar-refractivity contribution in [3.05, 3.63) is 203 Å². The Morgan fingerprint density at radius 1 is 0.548 bits per heavy atom. The fourth-order valence-electron chi connectivity index (χ4n) is 11.0. The van der Waals surface area contributed by atoms with Crippen LogP contribution in [0.3, 0.4) is 0 Å². The van der Waals surface area contributed by atoms with Gasteiger partial charge in [0.15, 0.2) is 0 Å². The lowest BCUT2D eigenvalue weighted by atomic mass is 9.80. The molecule has 10 aromatic rings. The third kappa shape index (κ3) is 6.05. The molecule has 62 heavy (non-hydrogen) atoms. The van der Waals surface area contributed by atoms with E-state index >= 15 is 0 Å². The van der Waals surface area contributed by atoms with Crippen molar-refractivity contribution in [1.29, 1.82) is 0 Å². The summed E-state index contributed by atoms with van der Waals surface area (Å²) >= 11 is 1.95. The SMILES string of the molecule is CC1CC=c2c(sc3ccccc23)=C1c1ccccc1N(c1ccc2c3ccccc3n(-c3ccccc3)c2c1)c1ccccc1-c1cccc2cccc(C3CCCCC3)c12. The number of anilines is 3. The van der Waals surface area contributed by atoms with E-state index in [1.54, 1.807) is 0 Å². The van der Waals surface area contributed by atoms with Crippen molar-refractivity contribution in [2.75, 3.05) is 4.90 Å². The summed E-state index contributed by atoms with van der Waals surface area (Å²) in [6.45, 7) is 2.42. The molecule has 300 valence electrons. The minimum Gasteiger partial charge on any atom is -0.309 e. The second-order valence-electron chi connectivity index (χ2n) is 17.4. The normalized spacial score (nSPS) is 15.6. The van der Waals surface area contributed by atoms with Gasteiger partial charge in [-0.05, 0) is 118 Å². The van der Waals surface area contributed by atoms with E-state index in [1.807, 2.05) is 11.3 Å². The van der Waals surface area contributed by atoms with Crippen LogP contribution in [-0.2, 0) is 0 Å². The Labute approximate surface area is 367 Å². The Morgan fingerprint density at radius 3 is 2.05 bits per heavy atom. The molecule has 1 fully saturated rings. The average Bonchev–Trinajstić information content (AvgIpc) is 3.88. The van der Waals surface area contributed by atoms with Crippen molar-refractivity contribution in [3.8, 4) is 16.8 Å². The average molecular weight is 817 g/mol. The van der Waals surface area contributed by atoms with Gasteiger partial charge in [-0.1, -0.05) is 166 Å². The zero-order valence-corrected chi connectivity index (χ0v) is 35.9. The maximum absolute atomic E-state index is 2.59. The molecule has 3 heteroatoms. The molecule has 0 amide bonds. The van der Waals surface area contributed by atoms with Gasteiger partial charge < -0.3 is 9.47 Å². The summed E-state index contributed by atoms with van der Waals surface area (Å²) in [7, 11) is 0. The van der Waals surface area contributed by atoms with E-state index in [4.69, 9.17) is 0 Å². The summed E-state index contributed by atoms with van der Waals surface area (Å²) in [4.78, 5) is 2.59. The number of thiophene rings is 1. The van der Waals surface area contributed by atoms with Gasteiger partial charge in [0.1, 0.15) is 0 Å². The smallest absolute Gasteiger partial charge is 0.0561 e. The van der Waals surface area contributed by atoms with Crippen LogP contribution >= 0.6 is 11.3 Å². The van der Waals surface area contributed by atoms with E-state index in [0.29, 0.717) is 11.8 Å². The fourth-order valence-corrected chi connectivity index (χ4v) is 12.4. The van der Waals surface area contributed by atoms with Crippen LogP contribution in [0.1, 0.15) is 62.5 Å². The standard InChI is InChI=1S/C59H48N2S/c1-39-34-36-50-48-26-11-15-33-56(48)62-59(50)57(39)51-27-10-14-32-54(51)61(43-35-37-47-45-24-8-12-30-52(45)60(55(47)38-43)42-22-6-3-7-23-42)53-31-13-9-25-46(53)49-29-17-21-41-20-16-28-44(58(41)49)40-18-4-2-5-19-40/h3,6-17,20-33,35-40H,2,4-5,18-19,34H2,1H3. The molecule has 1 atom stereocenters. The maximum Gasteiger partial charge on any atom is 0.0561 e. The quantitative estimate of drug-likeness (QED) is 0.156. The predicted molar refractivity (Wildman–Crippen MR) is 266 cm³/mol. The van der Waals surface area contributed by atoms with Crippen LogP contribution in [0.5, 0.6) is 0 Å². The first kappa shape index (κ1) is 37.1. The molecule has 8 aromatic carbocycles. The van der Waals surface area contributed by atoms with Gasteiger partial charge in [-0.25, -0.2) is 0 Å². The number of nitrogens with zero attached hydrogens (tertiary/aromatic N) is 2. The molecule has 0 radical (unpaired) electrons. The van der Waals surface area contributed by atoms with E-state index < -0.39 is 0 Å². The molecule has 0 bridgehead atoms. The molecular weight excluding hydrogens is 769 g/mol. The number of para-hydroxylation sites is 4. The van der Waals surface area contributed by atoms with E-state index in [9.17, 15) is 0 Å². The van der Waals surface area contributed by atoms with Crippen molar-refractivity contribution in [1.82, 2.24) is 4.57 Å². The topological polar surface area (TPSA) is 8.17 Å². The highest BCUT2D eigenvalue weighted by atomic mass is 32.1. The molecule has 0 saturated heterocycles. The Bertz CT molecular complexity index is 3450. The van der Waals surface area contributed by atoms with Crippen LogP contribution in [0.25, 0.3) is 71.1 Å². The second-order valence-corrected chi connectivity index (χ2v) is 18.5. The summed E-state index contributed by atoms with van der Waals surface area (Å²) in [5.41, 5.74) is 13.9. The number of hydrogen-bond acceptors (Lipinski definition) is 2. The van der Waals surface area contributed by atoms with Crippen molar-refractivity contribution < 1.29 is 0 Å². The molecule has 2 heterocycles. The summed E-state index contributed by atoms with van der Waals surface area (Å²) in [5, 5.41) is 7.99. The molecule has 0 spiro atoms. The molecule has 12 rings (SSSR count). The largest absolute Gasteiger partial charge is 0.309 e. The Morgan fingerprint density at radius 2 is 1.21 bits per heavy atom. The van der Waals surface area contributed by atoms with Gasteiger partial charge in [0.25, 0.3) is 0 Å². The minimum atomic E-state index is 0.355. The first-order chi connectivity index (χ1) is 30.7. The van der Waals surface area contributed by atoms with Gasteiger partial charge in [0.05, 0.1) is 22.4 Å². The molecule has 2 aromatic heterocycles. The van der Waals surface area contributed by atoms with Gasteiger partial charge in [-0.15, -0.1) is 11.3 Å². The summed E-state index contributed by atoms with van der Waals surface area (Å²) in [6.07, 6.45) is 9.98. The highest BCUT2D eigenvalue weighted by Crippen LogP contribution is 2.48. The highest BCUT2D eigenvalue weighted by Gasteiger charge is 2.27. The molecule has 0 N–H and O–H groups in total. The zero-order valence-electron chi connectivity index (χ0n) is 35.1. The Hall–Kier alpha value is -6.68. The van der Waals surface area contributed by atoms with Gasteiger partial charge in [0, 0.05) is 42.5 Å². The molecule has 2 aliphatic rings. The first-order valence-electron chi connectivity index (χ1n) is 22.5. The highest BCUT2D eigenvalue weighted by molar-refractivity contribution is 7.17. The van der Waals surface area contributed by atoms with E-state index in [-0.39, 0.29) is 0 Å². The number of fused-ring (bicyclic) bond motifs is 7. The van der Waals surface area contributed by atoms with Gasteiger partial charge in [-0.2, -0.15) is 0 Å². The lowest BCUT2D eigenvalue weighted by Gasteiger charge is -2.32. The maximum atomic E-state index is 2.59. The number of aromatic nitrogens is 1. The molecule has 2 aliphatic carbocycles. The second kappa shape index (κ2) is 15.3. The summed E-state index contributed by atoms with van der Waals surface area (Å²) in [6, 6.07) is 68.2. The number of hydrogen-bond donors (Lipinski definition) is 0. The van der Waals surface area contributed by atoms with Gasteiger partial charge in [0.2, 0.25) is 0 Å². The minimum absolute atomic E-state index is 0.355. The van der Waals surface area contributed by atoms with Crippen LogP contribution in [-0.4, -0.2) is 4.57 Å². The van der Waals surface area contributed by atoms with Gasteiger partial charge in [-0.3, -0.25) is 0 Å². The molecule has 0 aliphatic heterocycles. The third-order valence-corrected chi connectivity index (χ3v) is 15.0.